The van der Waals surface area contributed by atoms with Crippen LogP contribution in [0.15, 0.2) is 23.8 Å². The molecule has 0 radical (unpaired) electrons. The first-order valence-electron chi connectivity index (χ1n) is 14.1. The molecule has 1 N–H and O–H groups in total. The van der Waals surface area contributed by atoms with Gasteiger partial charge in [0.25, 0.3) is 0 Å². The van der Waals surface area contributed by atoms with Crippen molar-refractivity contribution in [1.29, 1.82) is 0 Å². The van der Waals surface area contributed by atoms with Crippen LogP contribution in [0.1, 0.15) is 93.4 Å². The quantitative estimate of drug-likeness (QED) is 0.238. The molecular formula is C29H46O6S. The highest BCUT2D eigenvalue weighted by Gasteiger charge is 2.74. The van der Waals surface area contributed by atoms with Gasteiger partial charge in [-0.25, -0.2) is 14.0 Å². The van der Waals surface area contributed by atoms with E-state index in [-0.39, 0.29) is 10.8 Å². The lowest BCUT2D eigenvalue weighted by atomic mass is 9.43. The van der Waals surface area contributed by atoms with E-state index in [9.17, 15) is 13.0 Å². The highest BCUT2D eigenvalue weighted by molar-refractivity contribution is 7.80. The lowest BCUT2D eigenvalue weighted by Gasteiger charge is -2.69. The van der Waals surface area contributed by atoms with Crippen molar-refractivity contribution in [1.82, 2.24) is 0 Å². The summed E-state index contributed by atoms with van der Waals surface area (Å²) in [4.78, 5) is 12.8. The fourth-order valence-corrected chi connectivity index (χ4v) is 9.96. The molecule has 3 saturated carbocycles. The van der Waals surface area contributed by atoms with Crippen molar-refractivity contribution in [3.63, 3.8) is 0 Å². The summed E-state index contributed by atoms with van der Waals surface area (Å²) in [6.07, 6.45) is 12.7. The second kappa shape index (κ2) is 8.64. The van der Waals surface area contributed by atoms with Gasteiger partial charge in [0, 0.05) is 23.7 Å². The topological polar surface area (TPSA) is 82.1 Å². The Morgan fingerprint density at radius 3 is 2.36 bits per heavy atom. The number of rotatable bonds is 6. The van der Waals surface area contributed by atoms with Crippen LogP contribution in [0.4, 0.5) is 0 Å². The first kappa shape index (κ1) is 26.9. The fraction of sp³-hybridized carbons (Fsp3) is 0.862. The van der Waals surface area contributed by atoms with E-state index in [2.05, 4.69) is 66.7 Å². The third-order valence-corrected chi connectivity index (χ3v) is 12.3. The van der Waals surface area contributed by atoms with Gasteiger partial charge in [0.2, 0.25) is 0 Å². The van der Waals surface area contributed by atoms with Gasteiger partial charge in [-0.3, -0.25) is 4.55 Å². The van der Waals surface area contributed by atoms with E-state index >= 15 is 0 Å². The maximum atomic E-state index is 11.4. The Labute approximate surface area is 218 Å². The van der Waals surface area contributed by atoms with Crippen LogP contribution in [0.5, 0.6) is 0 Å². The van der Waals surface area contributed by atoms with E-state index < -0.39 is 27.7 Å². The van der Waals surface area contributed by atoms with Crippen LogP contribution in [-0.2, 0) is 24.4 Å². The van der Waals surface area contributed by atoms with Crippen molar-refractivity contribution in [3.8, 4) is 0 Å². The number of fused-ring (bicyclic) bond motifs is 2. The van der Waals surface area contributed by atoms with E-state index in [1.807, 2.05) is 0 Å². The molecule has 36 heavy (non-hydrogen) atoms. The van der Waals surface area contributed by atoms with Crippen molar-refractivity contribution >= 4 is 10.4 Å². The minimum Gasteiger partial charge on any atom is -0.264 e. The molecule has 2 aliphatic heterocycles. The van der Waals surface area contributed by atoms with Gasteiger partial charge >= 0.3 is 10.4 Å². The first-order chi connectivity index (χ1) is 16.7. The van der Waals surface area contributed by atoms with Crippen LogP contribution in [0, 0.1) is 46.3 Å². The van der Waals surface area contributed by atoms with Crippen LogP contribution in [0.25, 0.3) is 0 Å². The minimum absolute atomic E-state index is 0.159. The molecule has 2 bridgehead atoms. The predicted octanol–water partition coefficient (Wildman–Crippen LogP) is 6.69. The standard InChI is InChI=1S/C29H46O6S/c1-18(2)21(5)19(3)16-20(4)23-8-9-24-26(23,6)12-11-25-27(7)13-10-22(33-36(30,31)32)17-28(27)14-15-29(24,25)35-34-28/h14-16,18,20-25H,8-13,17H2,1-7H3,(H,30,31,32)/b19-16+/t20-,21-,22+,23-,24?,25?,26-,27-,28-,29+/m1/s1. The first-order valence-corrected chi connectivity index (χ1v) is 15.5. The molecule has 1 saturated heterocycles. The summed E-state index contributed by atoms with van der Waals surface area (Å²) in [5.41, 5.74) is 0.373. The third kappa shape index (κ3) is 3.82. The molecule has 6 nitrogen and oxygen atoms in total. The molecule has 4 aliphatic carbocycles. The second-order valence-corrected chi connectivity index (χ2v) is 14.7. The van der Waals surface area contributed by atoms with E-state index in [0.717, 1.165) is 19.3 Å². The fourth-order valence-electron chi connectivity index (χ4n) is 9.45. The van der Waals surface area contributed by atoms with Crippen molar-refractivity contribution < 1.29 is 26.9 Å². The Morgan fingerprint density at radius 2 is 1.75 bits per heavy atom. The smallest absolute Gasteiger partial charge is 0.264 e. The Balaban J connectivity index is 1.43. The van der Waals surface area contributed by atoms with E-state index in [1.165, 1.54) is 18.4 Å². The zero-order chi connectivity index (χ0) is 26.3. The largest absolute Gasteiger partial charge is 0.397 e. The Bertz CT molecular complexity index is 1050. The molecule has 6 rings (SSSR count). The minimum atomic E-state index is -4.51. The molecule has 0 aromatic rings. The Kier molecular flexibility index (Phi) is 6.44. The highest BCUT2D eigenvalue weighted by atomic mass is 32.3. The molecule has 6 aliphatic rings. The summed E-state index contributed by atoms with van der Waals surface area (Å²) in [5.74, 6) is 3.09. The average molecular weight is 523 g/mol. The van der Waals surface area contributed by atoms with Gasteiger partial charge in [0.05, 0.1) is 6.10 Å². The number of hydrogen-bond acceptors (Lipinski definition) is 5. The average Bonchev–Trinajstić information content (AvgIpc) is 3.15. The van der Waals surface area contributed by atoms with Crippen molar-refractivity contribution in [2.45, 2.75) is 111 Å². The summed E-state index contributed by atoms with van der Waals surface area (Å²) in [7, 11) is -4.51. The summed E-state index contributed by atoms with van der Waals surface area (Å²) in [6, 6.07) is 0. The number of hydrogen-bond donors (Lipinski definition) is 1. The van der Waals surface area contributed by atoms with Gasteiger partial charge in [-0.1, -0.05) is 59.3 Å². The molecule has 2 unspecified atom stereocenters. The molecule has 2 heterocycles. The monoisotopic (exact) mass is 522 g/mol. The molecule has 10 atom stereocenters. The highest BCUT2D eigenvalue weighted by Crippen LogP contribution is 2.73. The Hall–Kier alpha value is -0.730. The van der Waals surface area contributed by atoms with Crippen LogP contribution in [0.2, 0.25) is 0 Å². The van der Waals surface area contributed by atoms with Crippen LogP contribution in [-0.4, -0.2) is 30.3 Å². The molecule has 0 aromatic carbocycles. The van der Waals surface area contributed by atoms with Crippen molar-refractivity contribution in [3.05, 3.63) is 23.8 Å². The maximum Gasteiger partial charge on any atom is 0.397 e. The normalized spacial score (nSPS) is 47.9. The van der Waals surface area contributed by atoms with Gasteiger partial charge in [0.1, 0.15) is 11.2 Å². The van der Waals surface area contributed by atoms with Crippen LogP contribution < -0.4 is 0 Å². The van der Waals surface area contributed by atoms with E-state index in [4.69, 9.17) is 14.0 Å². The van der Waals surface area contributed by atoms with E-state index in [1.54, 1.807) is 0 Å². The van der Waals surface area contributed by atoms with E-state index in [0.29, 0.717) is 48.3 Å². The number of allylic oxidation sites excluding steroid dienone is 2. The van der Waals surface area contributed by atoms with Crippen LogP contribution in [0.3, 0.4) is 0 Å². The third-order valence-electron chi connectivity index (χ3n) is 11.8. The van der Waals surface area contributed by atoms with Gasteiger partial charge in [-0.05, 0) is 80.6 Å². The summed E-state index contributed by atoms with van der Waals surface area (Å²) in [6.45, 7) is 16.5. The molecule has 7 heteroatoms. The van der Waals surface area contributed by atoms with Crippen molar-refractivity contribution in [2.75, 3.05) is 0 Å². The molecule has 204 valence electrons. The predicted molar refractivity (Wildman–Crippen MR) is 139 cm³/mol. The lowest BCUT2D eigenvalue weighted by Crippen LogP contribution is -2.73. The van der Waals surface area contributed by atoms with Crippen LogP contribution >= 0.6 is 0 Å². The molecule has 2 spiro atoms. The van der Waals surface area contributed by atoms with Gasteiger partial charge < -0.3 is 0 Å². The van der Waals surface area contributed by atoms with Gasteiger partial charge in [0.15, 0.2) is 0 Å². The van der Waals surface area contributed by atoms with Gasteiger partial charge in [-0.15, -0.1) is 0 Å². The Morgan fingerprint density at radius 1 is 1.03 bits per heavy atom. The van der Waals surface area contributed by atoms with Gasteiger partial charge in [-0.2, -0.15) is 8.42 Å². The summed E-state index contributed by atoms with van der Waals surface area (Å²) in [5, 5.41) is 0. The lowest BCUT2D eigenvalue weighted by molar-refractivity contribution is -0.497. The summed E-state index contributed by atoms with van der Waals surface area (Å²) >= 11 is 0. The molecule has 4 fully saturated rings. The maximum absolute atomic E-state index is 11.4. The zero-order valence-electron chi connectivity index (χ0n) is 23.1. The second-order valence-electron chi connectivity index (χ2n) is 13.7. The molecule has 0 aromatic heterocycles. The zero-order valence-corrected chi connectivity index (χ0v) is 23.9. The summed E-state index contributed by atoms with van der Waals surface area (Å²) < 4.78 is 37.0. The van der Waals surface area contributed by atoms with Crippen molar-refractivity contribution in [2.24, 2.45) is 46.3 Å². The molecular weight excluding hydrogens is 476 g/mol. The SMILES string of the molecule is C/C(=C\[C@@H](C)[C@H]1CCC2[C@@]34C=C[C@]5(C[C@@H](OS(=O)(=O)O)CC[C@]5(C)C3CC[C@@]21C)OO4)[C@H](C)C(C)C. The molecule has 0 amide bonds.